The molecular weight excluding hydrogens is 251 g/mol. The first kappa shape index (κ1) is 10.7. The first-order valence-electron chi connectivity index (χ1n) is 5.20. The van der Waals surface area contributed by atoms with Crippen LogP contribution in [0.25, 0.3) is 0 Å². The zero-order valence-corrected chi connectivity index (χ0v) is 9.95. The van der Waals surface area contributed by atoms with Crippen molar-refractivity contribution in [1.82, 2.24) is 20.0 Å². The molecule has 2 aliphatic heterocycles. The van der Waals surface area contributed by atoms with Gasteiger partial charge in [-0.15, -0.1) is 0 Å². The minimum atomic E-state index is 0.0757. The average Bonchev–Trinajstić information content (AvgIpc) is 2.47. The van der Waals surface area contributed by atoms with Crippen LogP contribution in [-0.2, 0) is 4.84 Å². The smallest absolute Gasteiger partial charge is 0.226 e. The van der Waals surface area contributed by atoms with Crippen LogP contribution in [0.2, 0.25) is 10.6 Å². The molecule has 16 heavy (non-hydrogen) atoms. The van der Waals surface area contributed by atoms with Gasteiger partial charge in [0.1, 0.15) is 0 Å². The van der Waals surface area contributed by atoms with Gasteiger partial charge in [-0.3, -0.25) is 4.84 Å². The Bertz CT molecular complexity index is 380. The highest BCUT2D eigenvalue weighted by Crippen LogP contribution is 2.41. The van der Waals surface area contributed by atoms with E-state index in [9.17, 15) is 0 Å². The Morgan fingerprint density at radius 1 is 1.12 bits per heavy atom. The molecule has 0 amide bonds. The summed E-state index contributed by atoms with van der Waals surface area (Å²) < 4.78 is 0. The van der Waals surface area contributed by atoms with Gasteiger partial charge in [-0.2, -0.15) is 10.0 Å². The van der Waals surface area contributed by atoms with Crippen LogP contribution in [0.5, 0.6) is 0 Å². The molecule has 0 aliphatic carbocycles. The number of fused-ring (bicyclic) bond motifs is 2. The summed E-state index contributed by atoms with van der Waals surface area (Å²) in [6.45, 7) is 1.68. The van der Waals surface area contributed by atoms with Gasteiger partial charge < -0.3 is 0 Å². The summed E-state index contributed by atoms with van der Waals surface area (Å²) in [5.41, 5.74) is 0. The molecule has 3 atom stereocenters. The maximum Gasteiger partial charge on any atom is 0.226 e. The third kappa shape index (κ3) is 1.78. The largest absolute Gasteiger partial charge is 0.298 e. The van der Waals surface area contributed by atoms with Crippen molar-refractivity contribution in [2.24, 2.45) is 5.92 Å². The van der Waals surface area contributed by atoms with Crippen molar-refractivity contribution < 1.29 is 4.84 Å². The summed E-state index contributed by atoms with van der Waals surface area (Å²) in [5.74, 6) is 1.15. The summed E-state index contributed by atoms with van der Waals surface area (Å²) in [6, 6.07) is 0.0757. The molecule has 2 aliphatic rings. The predicted molar refractivity (Wildman–Crippen MR) is 58.0 cm³/mol. The summed E-state index contributed by atoms with van der Waals surface area (Å²) in [4.78, 5) is 17.6. The minimum Gasteiger partial charge on any atom is -0.298 e. The highest BCUT2D eigenvalue weighted by Gasteiger charge is 2.41. The second kappa shape index (κ2) is 4.07. The number of hydrogen-bond acceptors (Lipinski definition) is 5. The van der Waals surface area contributed by atoms with Crippen molar-refractivity contribution in [3.8, 4) is 0 Å². The summed E-state index contributed by atoms with van der Waals surface area (Å²) in [5, 5.41) is 2.21. The van der Waals surface area contributed by atoms with Crippen molar-refractivity contribution in [3.63, 3.8) is 0 Å². The van der Waals surface area contributed by atoms with Crippen molar-refractivity contribution >= 4 is 23.2 Å². The van der Waals surface area contributed by atoms with Crippen molar-refractivity contribution in [2.45, 2.75) is 18.9 Å². The Labute approximate surface area is 103 Å². The van der Waals surface area contributed by atoms with Crippen LogP contribution in [0, 0.1) is 5.92 Å². The van der Waals surface area contributed by atoms with E-state index in [0.29, 0.717) is 11.7 Å². The van der Waals surface area contributed by atoms with Crippen molar-refractivity contribution in [3.05, 3.63) is 16.4 Å². The molecular formula is C9H10Cl2N4O. The van der Waals surface area contributed by atoms with E-state index in [1.165, 1.54) is 0 Å². The fraction of sp³-hybridized carbons (Fsp3) is 0.667. The molecule has 0 spiro atoms. The van der Waals surface area contributed by atoms with E-state index in [4.69, 9.17) is 28.0 Å². The van der Waals surface area contributed by atoms with Crippen molar-refractivity contribution in [1.29, 1.82) is 0 Å². The van der Waals surface area contributed by atoms with Gasteiger partial charge >= 0.3 is 0 Å². The fourth-order valence-corrected chi connectivity index (χ4v) is 2.78. The molecule has 0 saturated carbocycles. The molecule has 3 rings (SSSR count). The van der Waals surface area contributed by atoms with Gasteiger partial charge in [0.25, 0.3) is 0 Å². The standard InChI is InChI=1S/C9H10Cl2N4O/c10-8-12-7(13-9(11)14-8)6-5-1-3-15(6)16-4-2-5/h5-6H,1-4H2. The SMILES string of the molecule is Clc1nc(Cl)nc(C2C3CCON2CC3)n1. The van der Waals surface area contributed by atoms with Crippen LogP contribution in [0.15, 0.2) is 0 Å². The van der Waals surface area contributed by atoms with Gasteiger partial charge in [-0.25, -0.2) is 9.97 Å². The van der Waals surface area contributed by atoms with E-state index in [2.05, 4.69) is 15.0 Å². The zero-order valence-electron chi connectivity index (χ0n) is 8.44. The molecule has 7 heteroatoms. The molecule has 2 saturated heterocycles. The van der Waals surface area contributed by atoms with Gasteiger partial charge in [-0.1, -0.05) is 0 Å². The summed E-state index contributed by atoms with van der Waals surface area (Å²) >= 11 is 11.6. The number of rotatable bonds is 1. The highest BCUT2D eigenvalue weighted by molar-refractivity contribution is 6.31. The molecule has 1 aromatic heterocycles. The Kier molecular flexibility index (Phi) is 2.71. The predicted octanol–water partition coefficient (Wildman–Crippen LogP) is 1.88. The second-order valence-corrected chi connectivity index (χ2v) is 4.66. The van der Waals surface area contributed by atoms with E-state index in [0.717, 1.165) is 26.0 Å². The minimum absolute atomic E-state index is 0.0757. The van der Waals surface area contributed by atoms with Crippen LogP contribution in [0.4, 0.5) is 0 Å². The molecule has 5 nitrogen and oxygen atoms in total. The van der Waals surface area contributed by atoms with Crippen LogP contribution in [0.1, 0.15) is 24.7 Å². The van der Waals surface area contributed by atoms with E-state index < -0.39 is 0 Å². The molecule has 1 aromatic rings. The molecule has 2 fully saturated rings. The van der Waals surface area contributed by atoms with E-state index in [1.807, 2.05) is 5.06 Å². The molecule has 86 valence electrons. The van der Waals surface area contributed by atoms with Gasteiger partial charge in [0.15, 0.2) is 5.82 Å². The first-order valence-corrected chi connectivity index (χ1v) is 5.96. The maximum atomic E-state index is 5.78. The van der Waals surface area contributed by atoms with E-state index >= 15 is 0 Å². The van der Waals surface area contributed by atoms with Crippen LogP contribution in [-0.4, -0.2) is 33.2 Å². The topological polar surface area (TPSA) is 51.1 Å². The van der Waals surface area contributed by atoms with E-state index in [1.54, 1.807) is 0 Å². The lowest BCUT2D eigenvalue weighted by atomic mass is 9.96. The molecule has 3 heterocycles. The van der Waals surface area contributed by atoms with Gasteiger partial charge in [0.2, 0.25) is 10.6 Å². The van der Waals surface area contributed by atoms with Crippen LogP contribution >= 0.6 is 23.2 Å². The molecule has 2 bridgehead atoms. The Morgan fingerprint density at radius 3 is 2.56 bits per heavy atom. The van der Waals surface area contributed by atoms with Crippen LogP contribution < -0.4 is 0 Å². The van der Waals surface area contributed by atoms with Gasteiger partial charge in [-0.05, 0) is 42.0 Å². The van der Waals surface area contributed by atoms with Gasteiger partial charge in [0.05, 0.1) is 12.6 Å². The molecule has 3 unspecified atom stereocenters. The normalized spacial score (nSPS) is 33.0. The zero-order chi connectivity index (χ0) is 11.1. The monoisotopic (exact) mass is 260 g/mol. The summed E-state index contributed by atoms with van der Waals surface area (Å²) in [7, 11) is 0. The number of aromatic nitrogens is 3. The molecule has 0 aromatic carbocycles. The Hall–Kier alpha value is -0.490. The second-order valence-electron chi connectivity index (χ2n) is 3.99. The average molecular weight is 261 g/mol. The first-order chi connectivity index (χ1) is 7.74. The van der Waals surface area contributed by atoms with Crippen molar-refractivity contribution in [2.75, 3.05) is 13.2 Å². The lowest BCUT2D eigenvalue weighted by Crippen LogP contribution is -2.32. The highest BCUT2D eigenvalue weighted by atomic mass is 35.5. The lowest BCUT2D eigenvalue weighted by Gasteiger charge is -2.30. The maximum absolute atomic E-state index is 5.78. The lowest BCUT2D eigenvalue weighted by molar-refractivity contribution is -0.199. The van der Waals surface area contributed by atoms with Gasteiger partial charge in [0, 0.05) is 6.54 Å². The third-order valence-electron chi connectivity index (χ3n) is 3.09. The quantitative estimate of drug-likeness (QED) is 0.772. The summed E-state index contributed by atoms with van der Waals surface area (Å²) in [6.07, 6.45) is 2.13. The third-order valence-corrected chi connectivity index (χ3v) is 3.42. The fourth-order valence-electron chi connectivity index (χ4n) is 2.41. The Morgan fingerprint density at radius 2 is 1.88 bits per heavy atom. The number of halogens is 2. The number of hydroxylamine groups is 2. The Balaban J connectivity index is 1.97. The number of nitrogens with zero attached hydrogens (tertiary/aromatic N) is 4. The van der Waals surface area contributed by atoms with Crippen LogP contribution in [0.3, 0.4) is 0 Å². The molecule has 0 N–H and O–H groups in total. The molecule has 0 radical (unpaired) electrons. The van der Waals surface area contributed by atoms with E-state index in [-0.39, 0.29) is 16.6 Å². The number of hydrogen-bond donors (Lipinski definition) is 0.